The Balaban J connectivity index is 1.90. The van der Waals surface area contributed by atoms with Crippen LogP contribution in [-0.4, -0.2) is 15.8 Å². The maximum Gasteiger partial charge on any atom is 0.165 e. The van der Waals surface area contributed by atoms with Crippen LogP contribution in [0.5, 0.6) is 0 Å². The lowest BCUT2D eigenvalue weighted by Gasteiger charge is -2.28. The quantitative estimate of drug-likeness (QED) is 0.627. The summed E-state index contributed by atoms with van der Waals surface area (Å²) >= 11 is 6.24. The molecular formula is C23H23ClN2O. The highest BCUT2D eigenvalue weighted by Gasteiger charge is 2.35. The predicted octanol–water partition coefficient (Wildman–Crippen LogP) is 5.78. The third kappa shape index (κ3) is 3.44. The number of rotatable bonds is 3. The van der Waals surface area contributed by atoms with E-state index in [2.05, 4.69) is 30.7 Å². The molecule has 2 aromatic heterocycles. The van der Waals surface area contributed by atoms with E-state index in [0.29, 0.717) is 12.8 Å². The number of halogens is 1. The van der Waals surface area contributed by atoms with E-state index in [1.165, 1.54) is 5.56 Å². The Kier molecular flexibility index (Phi) is 4.43. The molecule has 1 aliphatic carbocycles. The zero-order chi connectivity index (χ0) is 19.2. The molecule has 0 atom stereocenters. The van der Waals surface area contributed by atoms with Crippen molar-refractivity contribution in [3.05, 3.63) is 75.7 Å². The fourth-order valence-corrected chi connectivity index (χ4v) is 4.29. The van der Waals surface area contributed by atoms with E-state index in [4.69, 9.17) is 11.6 Å². The Hall–Kier alpha value is -2.39. The van der Waals surface area contributed by atoms with E-state index < -0.39 is 0 Å². The number of aromatic amines is 1. The number of aromatic nitrogens is 2. The van der Waals surface area contributed by atoms with Crippen molar-refractivity contribution >= 4 is 17.4 Å². The van der Waals surface area contributed by atoms with Crippen molar-refractivity contribution in [3.63, 3.8) is 0 Å². The van der Waals surface area contributed by atoms with Crippen molar-refractivity contribution in [2.75, 3.05) is 0 Å². The van der Waals surface area contributed by atoms with Crippen LogP contribution in [0.15, 0.2) is 42.7 Å². The molecule has 4 rings (SSSR count). The van der Waals surface area contributed by atoms with Crippen LogP contribution >= 0.6 is 11.6 Å². The van der Waals surface area contributed by atoms with Crippen molar-refractivity contribution in [2.24, 2.45) is 5.41 Å². The Bertz CT molecular complexity index is 1020. The average Bonchev–Trinajstić information content (AvgIpc) is 2.96. The van der Waals surface area contributed by atoms with Gasteiger partial charge in [-0.2, -0.15) is 0 Å². The Morgan fingerprint density at radius 2 is 1.89 bits per heavy atom. The molecule has 1 aliphatic rings. The Morgan fingerprint density at radius 3 is 2.63 bits per heavy atom. The first-order valence-electron chi connectivity index (χ1n) is 9.26. The number of nitrogens with one attached hydrogen (secondary N) is 1. The monoisotopic (exact) mass is 378 g/mol. The highest BCUT2D eigenvalue weighted by molar-refractivity contribution is 6.30. The first-order chi connectivity index (χ1) is 12.8. The fourth-order valence-electron chi connectivity index (χ4n) is 4.09. The maximum atomic E-state index is 13.1. The van der Waals surface area contributed by atoms with Gasteiger partial charge in [0.2, 0.25) is 0 Å². The maximum absolute atomic E-state index is 13.1. The van der Waals surface area contributed by atoms with Crippen LogP contribution in [0.2, 0.25) is 5.02 Å². The van der Waals surface area contributed by atoms with Crippen molar-refractivity contribution < 1.29 is 4.79 Å². The minimum absolute atomic E-state index is 0.0201. The van der Waals surface area contributed by atoms with Gasteiger partial charge in [-0.1, -0.05) is 31.5 Å². The van der Waals surface area contributed by atoms with Crippen molar-refractivity contribution in [1.82, 2.24) is 9.97 Å². The van der Waals surface area contributed by atoms with Crippen LogP contribution < -0.4 is 0 Å². The van der Waals surface area contributed by atoms with Gasteiger partial charge in [-0.25, -0.2) is 0 Å². The summed E-state index contributed by atoms with van der Waals surface area (Å²) in [4.78, 5) is 20.8. The fraction of sp³-hybridized carbons (Fsp3) is 0.304. The first-order valence-corrected chi connectivity index (χ1v) is 9.64. The van der Waals surface area contributed by atoms with E-state index in [1.54, 1.807) is 12.4 Å². The molecule has 0 spiro atoms. The topological polar surface area (TPSA) is 45.8 Å². The van der Waals surface area contributed by atoms with Crippen LogP contribution in [0, 0.1) is 12.3 Å². The molecule has 3 nitrogen and oxygen atoms in total. The largest absolute Gasteiger partial charge is 0.358 e. The number of pyridine rings is 1. The summed E-state index contributed by atoms with van der Waals surface area (Å²) in [6.07, 6.45) is 5.71. The number of carbonyl (C=O) groups excluding carboxylic acids is 1. The number of ketones is 1. The number of carbonyl (C=O) groups is 1. The summed E-state index contributed by atoms with van der Waals surface area (Å²) in [5.74, 6) is 0.229. The lowest BCUT2D eigenvalue weighted by Crippen LogP contribution is -2.27. The number of fused-ring (bicyclic) bond motifs is 1. The zero-order valence-corrected chi connectivity index (χ0v) is 16.7. The summed E-state index contributed by atoms with van der Waals surface area (Å²) in [5.41, 5.74) is 7.39. The van der Waals surface area contributed by atoms with Gasteiger partial charge in [0, 0.05) is 47.1 Å². The van der Waals surface area contributed by atoms with Crippen molar-refractivity contribution in [2.45, 2.75) is 40.0 Å². The van der Waals surface area contributed by atoms with Gasteiger partial charge < -0.3 is 4.98 Å². The number of benzene rings is 1. The third-order valence-electron chi connectivity index (χ3n) is 5.40. The SMILES string of the molecule is Cc1ccc(Cl)cc1Cc1c(-c2ccncc2)[nH]c2c1C(=O)CC(C)(C)C2. The smallest absolute Gasteiger partial charge is 0.165 e. The molecule has 1 N–H and O–H groups in total. The third-order valence-corrected chi connectivity index (χ3v) is 5.64. The molecular weight excluding hydrogens is 356 g/mol. The summed E-state index contributed by atoms with van der Waals surface area (Å²) < 4.78 is 0. The van der Waals surface area contributed by atoms with Crippen molar-refractivity contribution in [3.8, 4) is 11.3 Å². The number of H-pyrrole nitrogens is 1. The summed E-state index contributed by atoms with van der Waals surface area (Å²) in [7, 11) is 0. The molecule has 2 heterocycles. The van der Waals surface area contributed by atoms with E-state index in [0.717, 1.165) is 45.1 Å². The molecule has 1 aromatic carbocycles. The molecule has 0 amide bonds. The number of nitrogens with zero attached hydrogens (tertiary/aromatic N) is 1. The normalized spacial score (nSPS) is 15.6. The molecule has 0 fully saturated rings. The minimum atomic E-state index is -0.0201. The van der Waals surface area contributed by atoms with Gasteiger partial charge in [0.15, 0.2) is 5.78 Å². The van der Waals surface area contributed by atoms with Gasteiger partial charge >= 0.3 is 0 Å². The van der Waals surface area contributed by atoms with Gasteiger partial charge in [-0.05, 0) is 59.7 Å². The van der Waals surface area contributed by atoms with Gasteiger partial charge in [0.25, 0.3) is 0 Å². The molecule has 138 valence electrons. The van der Waals surface area contributed by atoms with E-state index in [1.807, 2.05) is 30.3 Å². The predicted molar refractivity (Wildman–Crippen MR) is 109 cm³/mol. The second-order valence-corrected chi connectivity index (χ2v) is 8.69. The van der Waals surface area contributed by atoms with Crippen LogP contribution in [0.4, 0.5) is 0 Å². The molecule has 4 heteroatoms. The summed E-state index contributed by atoms with van der Waals surface area (Å²) in [5, 5.41) is 0.720. The summed E-state index contributed by atoms with van der Waals surface area (Å²) in [6.45, 7) is 6.39. The van der Waals surface area contributed by atoms with Gasteiger partial charge in [0.05, 0.1) is 5.69 Å². The lowest BCUT2D eigenvalue weighted by molar-refractivity contribution is 0.0911. The van der Waals surface area contributed by atoms with E-state index >= 15 is 0 Å². The van der Waals surface area contributed by atoms with Gasteiger partial charge in [-0.15, -0.1) is 0 Å². The zero-order valence-electron chi connectivity index (χ0n) is 15.9. The number of hydrogen-bond acceptors (Lipinski definition) is 2. The molecule has 0 bridgehead atoms. The number of aryl methyl sites for hydroxylation is 1. The van der Waals surface area contributed by atoms with Gasteiger partial charge in [0.1, 0.15) is 0 Å². The molecule has 0 unspecified atom stereocenters. The van der Waals surface area contributed by atoms with Gasteiger partial charge in [-0.3, -0.25) is 9.78 Å². The molecule has 3 aromatic rings. The van der Waals surface area contributed by atoms with Crippen molar-refractivity contribution in [1.29, 1.82) is 0 Å². The minimum Gasteiger partial charge on any atom is -0.358 e. The lowest BCUT2D eigenvalue weighted by atomic mass is 9.75. The van der Waals surface area contributed by atoms with E-state index in [-0.39, 0.29) is 11.2 Å². The number of hydrogen-bond donors (Lipinski definition) is 1. The second-order valence-electron chi connectivity index (χ2n) is 8.26. The van der Waals surface area contributed by atoms with Crippen LogP contribution in [0.25, 0.3) is 11.3 Å². The summed E-state index contributed by atoms with van der Waals surface area (Å²) in [6, 6.07) is 9.92. The van der Waals surface area contributed by atoms with Crippen LogP contribution in [0.3, 0.4) is 0 Å². The molecule has 0 radical (unpaired) electrons. The average molecular weight is 379 g/mol. The first kappa shape index (κ1) is 18.0. The van der Waals surface area contributed by atoms with Crippen LogP contribution in [-0.2, 0) is 12.8 Å². The van der Waals surface area contributed by atoms with E-state index in [9.17, 15) is 4.79 Å². The number of Topliss-reactive ketones (excluding diaryl/α,β-unsaturated/α-hetero) is 1. The standard InChI is InChI=1S/C23H23ClN2O/c1-14-4-5-17(24)10-16(14)11-18-21-19(12-23(2,3)13-20(21)27)26-22(18)15-6-8-25-9-7-15/h4-10,26H,11-13H2,1-3H3. The highest BCUT2D eigenvalue weighted by atomic mass is 35.5. The second kappa shape index (κ2) is 6.65. The molecule has 0 saturated carbocycles. The Labute approximate surface area is 164 Å². The highest BCUT2D eigenvalue weighted by Crippen LogP contribution is 2.40. The molecule has 0 aliphatic heterocycles. The molecule has 0 saturated heterocycles. The molecule has 27 heavy (non-hydrogen) atoms. The Morgan fingerprint density at radius 1 is 1.15 bits per heavy atom. The van der Waals surface area contributed by atoms with Crippen LogP contribution in [0.1, 0.15) is 53.0 Å².